The molecular weight excluding hydrogens is 232 g/mol. The van der Waals surface area contributed by atoms with Gasteiger partial charge in [-0.1, -0.05) is 20.8 Å². The summed E-state index contributed by atoms with van der Waals surface area (Å²) in [4.78, 5) is 2.76. The van der Waals surface area contributed by atoms with Crippen LogP contribution >= 0.6 is 0 Å². The highest BCUT2D eigenvalue weighted by atomic mass is 15.2. The second kappa shape index (κ2) is 6.13. The quantitative estimate of drug-likeness (QED) is 0.841. The molecule has 4 unspecified atom stereocenters. The van der Waals surface area contributed by atoms with Crippen molar-refractivity contribution in [1.29, 1.82) is 0 Å². The van der Waals surface area contributed by atoms with Gasteiger partial charge >= 0.3 is 0 Å². The van der Waals surface area contributed by atoms with Gasteiger partial charge in [-0.25, -0.2) is 0 Å². The van der Waals surface area contributed by atoms with E-state index in [0.717, 1.165) is 23.9 Å². The van der Waals surface area contributed by atoms with Crippen molar-refractivity contribution in [1.82, 2.24) is 10.2 Å². The number of hydrogen-bond acceptors (Lipinski definition) is 2. The molecule has 1 aliphatic heterocycles. The molecule has 0 radical (unpaired) electrons. The molecule has 19 heavy (non-hydrogen) atoms. The lowest BCUT2D eigenvalue weighted by Crippen LogP contribution is -2.50. The van der Waals surface area contributed by atoms with E-state index in [0.29, 0.717) is 5.41 Å². The summed E-state index contributed by atoms with van der Waals surface area (Å²) in [5, 5.41) is 3.58. The number of nitrogens with zero attached hydrogens (tertiary/aromatic N) is 1. The predicted molar refractivity (Wildman–Crippen MR) is 83.4 cm³/mol. The average molecular weight is 266 g/mol. The first-order valence-electron chi connectivity index (χ1n) is 8.32. The zero-order chi connectivity index (χ0) is 14.0. The summed E-state index contributed by atoms with van der Waals surface area (Å²) < 4.78 is 0. The van der Waals surface area contributed by atoms with Gasteiger partial charge in [-0.15, -0.1) is 0 Å². The Labute approximate surface area is 120 Å². The van der Waals surface area contributed by atoms with Crippen molar-refractivity contribution in [2.24, 2.45) is 17.3 Å². The summed E-state index contributed by atoms with van der Waals surface area (Å²) in [5.74, 6) is 1.76. The predicted octanol–water partition coefficient (Wildman–Crippen LogP) is 3.52. The minimum atomic E-state index is 0.546. The molecule has 2 nitrogen and oxygen atoms in total. The number of likely N-dealkylation sites (tertiary alicyclic amines) is 1. The summed E-state index contributed by atoms with van der Waals surface area (Å²) in [6.07, 6.45) is 6.90. The molecule has 2 aliphatic rings. The monoisotopic (exact) mass is 266 g/mol. The summed E-state index contributed by atoms with van der Waals surface area (Å²) in [6, 6.07) is 1.52. The van der Waals surface area contributed by atoms with Crippen molar-refractivity contribution in [3.8, 4) is 0 Å². The molecule has 0 aromatic rings. The number of rotatable bonds is 3. The van der Waals surface area contributed by atoms with Gasteiger partial charge in [-0.3, -0.25) is 0 Å². The molecule has 112 valence electrons. The number of piperidine rings is 1. The van der Waals surface area contributed by atoms with Gasteiger partial charge in [0.15, 0.2) is 0 Å². The average Bonchev–Trinajstić information content (AvgIpc) is 2.32. The normalized spacial score (nSPS) is 40.3. The van der Waals surface area contributed by atoms with Crippen molar-refractivity contribution in [2.75, 3.05) is 20.1 Å². The van der Waals surface area contributed by atoms with E-state index in [2.05, 4.69) is 45.0 Å². The highest BCUT2D eigenvalue weighted by Crippen LogP contribution is 2.39. The summed E-state index contributed by atoms with van der Waals surface area (Å²) in [6.45, 7) is 12.4. The fourth-order valence-electron chi connectivity index (χ4n) is 4.34. The molecule has 2 rings (SSSR count). The molecule has 0 bridgehead atoms. The highest BCUT2D eigenvalue weighted by Gasteiger charge is 2.36. The molecule has 1 N–H and O–H groups in total. The van der Waals surface area contributed by atoms with E-state index in [-0.39, 0.29) is 0 Å². The lowest BCUT2D eigenvalue weighted by molar-refractivity contribution is 0.0610. The van der Waals surface area contributed by atoms with Gasteiger partial charge in [-0.05, 0) is 69.9 Å². The Hall–Kier alpha value is -0.0800. The zero-order valence-electron chi connectivity index (χ0n) is 13.7. The Morgan fingerprint density at radius 3 is 2.58 bits per heavy atom. The molecular formula is C17H34N2. The Morgan fingerprint density at radius 1 is 1.21 bits per heavy atom. The van der Waals surface area contributed by atoms with E-state index in [1.54, 1.807) is 0 Å². The Morgan fingerprint density at radius 2 is 1.95 bits per heavy atom. The molecule has 0 spiro atoms. The van der Waals surface area contributed by atoms with Gasteiger partial charge in [-0.2, -0.15) is 0 Å². The second-order valence-electron chi connectivity index (χ2n) is 8.04. The fraction of sp³-hybridized carbons (Fsp3) is 1.00. The first-order valence-corrected chi connectivity index (χ1v) is 8.32. The third-order valence-corrected chi connectivity index (χ3v) is 5.63. The minimum absolute atomic E-state index is 0.546. The van der Waals surface area contributed by atoms with Gasteiger partial charge in [0.1, 0.15) is 0 Å². The lowest BCUT2D eigenvalue weighted by atomic mass is 9.69. The van der Waals surface area contributed by atoms with Crippen LogP contribution < -0.4 is 5.32 Å². The van der Waals surface area contributed by atoms with E-state index in [1.165, 1.54) is 45.2 Å². The summed E-state index contributed by atoms with van der Waals surface area (Å²) >= 11 is 0. The van der Waals surface area contributed by atoms with Gasteiger partial charge in [0.2, 0.25) is 0 Å². The molecule has 1 saturated carbocycles. The maximum absolute atomic E-state index is 3.58. The first kappa shape index (κ1) is 15.3. The van der Waals surface area contributed by atoms with E-state index >= 15 is 0 Å². The molecule has 1 saturated heterocycles. The first-order chi connectivity index (χ1) is 8.91. The van der Waals surface area contributed by atoms with Gasteiger partial charge in [0.25, 0.3) is 0 Å². The van der Waals surface area contributed by atoms with Crippen LogP contribution in [0.15, 0.2) is 0 Å². The largest absolute Gasteiger partial charge is 0.317 e. The molecule has 1 aliphatic carbocycles. The Bertz CT molecular complexity index is 287. The molecule has 0 aromatic heterocycles. The van der Waals surface area contributed by atoms with Crippen LogP contribution in [0.3, 0.4) is 0 Å². The number of nitrogens with one attached hydrogen (secondary N) is 1. The van der Waals surface area contributed by atoms with Gasteiger partial charge < -0.3 is 10.2 Å². The smallest absolute Gasteiger partial charge is 0.0105 e. The van der Waals surface area contributed by atoms with Gasteiger partial charge in [0, 0.05) is 18.6 Å². The van der Waals surface area contributed by atoms with E-state index in [9.17, 15) is 0 Å². The van der Waals surface area contributed by atoms with E-state index in [4.69, 9.17) is 0 Å². The number of hydrogen-bond donors (Lipinski definition) is 1. The standard InChI is InChI=1S/C17H34N2/c1-13-7-9-19(14(2)10-13)12-15-11-17(3,4)8-6-16(15)18-5/h13-16,18H,6-12H2,1-5H3. The van der Waals surface area contributed by atoms with Crippen LogP contribution in [-0.2, 0) is 0 Å². The third kappa shape index (κ3) is 3.95. The van der Waals surface area contributed by atoms with Crippen molar-refractivity contribution in [2.45, 2.75) is 71.9 Å². The molecule has 0 aromatic carbocycles. The Balaban J connectivity index is 1.95. The van der Waals surface area contributed by atoms with Crippen molar-refractivity contribution in [3.05, 3.63) is 0 Å². The molecule has 0 amide bonds. The van der Waals surface area contributed by atoms with Crippen molar-refractivity contribution < 1.29 is 0 Å². The van der Waals surface area contributed by atoms with Crippen LogP contribution in [0.5, 0.6) is 0 Å². The fourth-order valence-corrected chi connectivity index (χ4v) is 4.34. The second-order valence-corrected chi connectivity index (χ2v) is 8.04. The van der Waals surface area contributed by atoms with Crippen molar-refractivity contribution in [3.63, 3.8) is 0 Å². The van der Waals surface area contributed by atoms with Crippen LogP contribution in [0, 0.1) is 17.3 Å². The van der Waals surface area contributed by atoms with Gasteiger partial charge in [0.05, 0.1) is 0 Å². The van der Waals surface area contributed by atoms with E-state index in [1.807, 2.05) is 0 Å². The molecule has 2 heteroatoms. The van der Waals surface area contributed by atoms with E-state index < -0.39 is 0 Å². The zero-order valence-corrected chi connectivity index (χ0v) is 13.7. The summed E-state index contributed by atoms with van der Waals surface area (Å²) in [7, 11) is 2.15. The molecule has 2 fully saturated rings. The highest BCUT2D eigenvalue weighted by molar-refractivity contribution is 4.91. The Kier molecular flexibility index (Phi) is 4.94. The third-order valence-electron chi connectivity index (χ3n) is 5.63. The maximum Gasteiger partial charge on any atom is 0.0105 e. The molecule has 4 atom stereocenters. The SMILES string of the molecule is CNC1CCC(C)(C)CC1CN1CCC(C)CC1C. The maximum atomic E-state index is 3.58. The minimum Gasteiger partial charge on any atom is -0.317 e. The topological polar surface area (TPSA) is 15.3 Å². The lowest BCUT2D eigenvalue weighted by Gasteiger charge is -2.45. The molecule has 1 heterocycles. The van der Waals surface area contributed by atoms with Crippen molar-refractivity contribution >= 4 is 0 Å². The summed E-state index contributed by atoms with van der Waals surface area (Å²) in [5.41, 5.74) is 0.546. The van der Waals surface area contributed by atoms with Crippen LogP contribution in [0.2, 0.25) is 0 Å². The van der Waals surface area contributed by atoms with Crippen LogP contribution in [0.1, 0.15) is 59.8 Å². The van der Waals surface area contributed by atoms with Crippen LogP contribution in [0.25, 0.3) is 0 Å². The van der Waals surface area contributed by atoms with Crippen LogP contribution in [-0.4, -0.2) is 37.1 Å². The van der Waals surface area contributed by atoms with Crippen LogP contribution in [0.4, 0.5) is 0 Å².